The first-order valence-corrected chi connectivity index (χ1v) is 8.25. The van der Waals surface area contributed by atoms with Crippen LogP contribution in [0.4, 0.5) is 0 Å². The minimum absolute atomic E-state index is 0. The van der Waals surface area contributed by atoms with Crippen LogP contribution in [0.5, 0.6) is 0 Å². The van der Waals surface area contributed by atoms with Gasteiger partial charge in [0.25, 0.3) is 0 Å². The summed E-state index contributed by atoms with van der Waals surface area (Å²) in [6, 6.07) is 0. The molecule has 0 bridgehead atoms. The fourth-order valence-corrected chi connectivity index (χ4v) is 2.20. The Labute approximate surface area is 151 Å². The number of unbranched alkanes of at least 4 members (excludes halogenated alkanes) is 2. The summed E-state index contributed by atoms with van der Waals surface area (Å²) < 4.78 is 5.38. The molecule has 0 saturated carbocycles. The van der Waals surface area contributed by atoms with Crippen LogP contribution in [-0.2, 0) is 19.4 Å². The van der Waals surface area contributed by atoms with Gasteiger partial charge in [0.15, 0.2) is 5.96 Å². The van der Waals surface area contributed by atoms with E-state index in [9.17, 15) is 0 Å². The molecule has 0 aliphatic rings. The maximum Gasteiger partial charge on any atom is 0.191 e. The maximum atomic E-state index is 5.38. The van der Waals surface area contributed by atoms with Crippen LogP contribution in [0.25, 0.3) is 0 Å². The molecular formula is C16H31IN4O. The molecule has 0 unspecified atom stereocenters. The summed E-state index contributed by atoms with van der Waals surface area (Å²) >= 11 is 0. The van der Waals surface area contributed by atoms with Crippen molar-refractivity contribution in [1.82, 2.24) is 15.8 Å². The van der Waals surface area contributed by atoms with Crippen LogP contribution >= 0.6 is 24.0 Å². The number of rotatable bonds is 9. The number of hydrogen-bond donors (Lipinski definition) is 2. The Bertz CT molecular complexity index is 410. The first kappa shape index (κ1) is 21.2. The Hall–Kier alpha value is -0.790. The van der Waals surface area contributed by atoms with Crippen molar-refractivity contribution in [2.75, 3.05) is 13.1 Å². The van der Waals surface area contributed by atoms with E-state index < -0.39 is 0 Å². The normalized spacial score (nSPS) is 11.2. The summed E-state index contributed by atoms with van der Waals surface area (Å²) in [7, 11) is 0. The second-order valence-corrected chi connectivity index (χ2v) is 5.07. The van der Waals surface area contributed by atoms with Crippen LogP contribution < -0.4 is 10.6 Å². The molecule has 6 heteroatoms. The van der Waals surface area contributed by atoms with Gasteiger partial charge in [-0.1, -0.05) is 38.8 Å². The highest BCUT2D eigenvalue weighted by Gasteiger charge is 2.12. The van der Waals surface area contributed by atoms with Crippen LogP contribution in [0.2, 0.25) is 0 Å². The number of aromatic nitrogens is 1. The Balaban J connectivity index is 0.00000441. The smallest absolute Gasteiger partial charge is 0.191 e. The van der Waals surface area contributed by atoms with Crippen LogP contribution in [0.3, 0.4) is 0 Å². The lowest BCUT2D eigenvalue weighted by Gasteiger charge is -2.11. The highest BCUT2D eigenvalue weighted by atomic mass is 127. The van der Waals surface area contributed by atoms with Gasteiger partial charge in [-0.15, -0.1) is 24.0 Å². The third kappa shape index (κ3) is 6.98. The van der Waals surface area contributed by atoms with Crippen molar-refractivity contribution in [3.63, 3.8) is 0 Å². The number of hydrogen-bond acceptors (Lipinski definition) is 3. The van der Waals surface area contributed by atoms with Crippen molar-refractivity contribution in [2.45, 2.75) is 66.3 Å². The fraction of sp³-hybridized carbons (Fsp3) is 0.750. The molecule has 0 spiro atoms. The Morgan fingerprint density at radius 1 is 1.09 bits per heavy atom. The third-order valence-electron chi connectivity index (χ3n) is 3.42. The topological polar surface area (TPSA) is 62.5 Å². The molecule has 0 amide bonds. The van der Waals surface area contributed by atoms with Crippen LogP contribution in [-0.4, -0.2) is 24.2 Å². The first-order valence-electron chi connectivity index (χ1n) is 8.25. The van der Waals surface area contributed by atoms with Gasteiger partial charge in [-0.2, -0.15) is 0 Å². The number of aryl methyl sites for hydroxylation is 2. The molecule has 0 radical (unpaired) electrons. The second-order valence-electron chi connectivity index (χ2n) is 5.07. The molecule has 0 fully saturated rings. The zero-order valence-corrected chi connectivity index (χ0v) is 16.7. The van der Waals surface area contributed by atoms with Gasteiger partial charge in [0.05, 0.1) is 12.2 Å². The van der Waals surface area contributed by atoms with Gasteiger partial charge in [0.1, 0.15) is 5.76 Å². The highest BCUT2D eigenvalue weighted by molar-refractivity contribution is 14.0. The van der Waals surface area contributed by atoms with Gasteiger partial charge in [0.2, 0.25) is 0 Å². The summed E-state index contributed by atoms with van der Waals surface area (Å²) in [5.74, 6) is 1.83. The van der Waals surface area contributed by atoms with E-state index in [-0.39, 0.29) is 24.0 Å². The van der Waals surface area contributed by atoms with Crippen molar-refractivity contribution in [2.24, 2.45) is 4.99 Å². The van der Waals surface area contributed by atoms with E-state index in [1.807, 2.05) is 0 Å². The van der Waals surface area contributed by atoms with Gasteiger partial charge >= 0.3 is 0 Å². The molecule has 0 aliphatic heterocycles. The average Bonchev–Trinajstić information content (AvgIpc) is 2.91. The zero-order chi connectivity index (χ0) is 15.5. The minimum Gasteiger partial charge on any atom is -0.361 e. The third-order valence-corrected chi connectivity index (χ3v) is 3.42. The predicted molar refractivity (Wildman–Crippen MR) is 103 cm³/mol. The number of halogens is 1. The monoisotopic (exact) mass is 422 g/mol. The quantitative estimate of drug-likeness (QED) is 0.276. The molecule has 1 rings (SSSR count). The molecule has 5 nitrogen and oxygen atoms in total. The Morgan fingerprint density at radius 3 is 2.45 bits per heavy atom. The Kier molecular flexibility index (Phi) is 12.3. The highest BCUT2D eigenvalue weighted by Crippen LogP contribution is 2.16. The number of nitrogens with zero attached hydrogens (tertiary/aromatic N) is 2. The zero-order valence-electron chi connectivity index (χ0n) is 14.4. The first-order chi connectivity index (χ1) is 10.3. The average molecular weight is 422 g/mol. The van der Waals surface area contributed by atoms with Crippen molar-refractivity contribution >= 4 is 29.9 Å². The SMILES string of the molecule is CCCCCNC(=NCc1c(CC)noc1CC)NCC.I. The van der Waals surface area contributed by atoms with Crippen molar-refractivity contribution < 1.29 is 4.52 Å². The van der Waals surface area contributed by atoms with E-state index in [4.69, 9.17) is 4.52 Å². The Morgan fingerprint density at radius 2 is 1.86 bits per heavy atom. The molecule has 0 aromatic carbocycles. The van der Waals surface area contributed by atoms with Crippen molar-refractivity contribution in [1.29, 1.82) is 0 Å². The largest absolute Gasteiger partial charge is 0.361 e. The van der Waals surface area contributed by atoms with E-state index >= 15 is 0 Å². The maximum absolute atomic E-state index is 5.38. The molecule has 22 heavy (non-hydrogen) atoms. The summed E-state index contributed by atoms with van der Waals surface area (Å²) in [5, 5.41) is 10.8. The van der Waals surface area contributed by atoms with Gasteiger partial charge in [-0.25, -0.2) is 4.99 Å². The number of nitrogens with one attached hydrogen (secondary N) is 2. The summed E-state index contributed by atoms with van der Waals surface area (Å²) in [5.41, 5.74) is 2.17. The molecule has 1 aromatic heterocycles. The molecule has 2 N–H and O–H groups in total. The van der Waals surface area contributed by atoms with Gasteiger partial charge in [-0.3, -0.25) is 0 Å². The molecule has 1 aromatic rings. The fourth-order valence-electron chi connectivity index (χ4n) is 2.20. The molecule has 0 atom stereocenters. The lowest BCUT2D eigenvalue weighted by Crippen LogP contribution is -2.37. The van der Waals surface area contributed by atoms with E-state index in [0.717, 1.165) is 48.9 Å². The molecule has 0 saturated heterocycles. The molecular weight excluding hydrogens is 391 g/mol. The van der Waals surface area contributed by atoms with E-state index in [2.05, 4.69) is 48.5 Å². The van der Waals surface area contributed by atoms with Crippen molar-refractivity contribution in [3.8, 4) is 0 Å². The van der Waals surface area contributed by atoms with E-state index in [1.165, 1.54) is 19.3 Å². The van der Waals surface area contributed by atoms with Gasteiger partial charge in [0, 0.05) is 25.1 Å². The van der Waals surface area contributed by atoms with E-state index in [0.29, 0.717) is 6.54 Å². The van der Waals surface area contributed by atoms with Crippen LogP contribution in [0, 0.1) is 0 Å². The van der Waals surface area contributed by atoms with Crippen LogP contribution in [0.15, 0.2) is 9.52 Å². The summed E-state index contributed by atoms with van der Waals surface area (Å²) in [6.45, 7) is 10.9. The van der Waals surface area contributed by atoms with Crippen LogP contribution in [0.1, 0.15) is 64.0 Å². The second kappa shape index (κ2) is 12.7. The van der Waals surface area contributed by atoms with Crippen molar-refractivity contribution in [3.05, 3.63) is 17.0 Å². The molecule has 128 valence electrons. The lowest BCUT2D eigenvalue weighted by molar-refractivity contribution is 0.380. The predicted octanol–water partition coefficient (Wildman–Crippen LogP) is 3.66. The summed E-state index contributed by atoms with van der Waals surface area (Å²) in [6.07, 6.45) is 5.40. The minimum atomic E-state index is 0. The number of guanidine groups is 1. The number of aliphatic imine (C=N–C) groups is 1. The molecule has 0 aliphatic carbocycles. The summed E-state index contributed by atoms with van der Waals surface area (Å²) in [4.78, 5) is 4.67. The standard InChI is InChI=1S/C16H30N4O.HI/c1-5-9-10-11-18-16(17-8-4)19-12-13-14(6-2)20-21-15(13)7-3;/h5-12H2,1-4H3,(H2,17,18,19);1H. The van der Waals surface area contributed by atoms with Gasteiger partial charge < -0.3 is 15.2 Å². The van der Waals surface area contributed by atoms with E-state index in [1.54, 1.807) is 0 Å². The lowest BCUT2D eigenvalue weighted by atomic mass is 10.1. The van der Waals surface area contributed by atoms with Gasteiger partial charge in [-0.05, 0) is 19.8 Å². The molecule has 1 heterocycles.